The van der Waals surface area contributed by atoms with Gasteiger partial charge in [0.2, 0.25) is 0 Å². The number of rotatable bonds is 2. The molecule has 0 bridgehead atoms. The van der Waals surface area contributed by atoms with E-state index in [1.807, 2.05) is 0 Å². The number of H-pyrrole nitrogens is 1. The SMILES string of the molecule is Cc1nc(=S)c2ncn([C@@H]3O[C@H]([C@H](C)O)[C@H](O)C3(O)C#CCF)c2[nH]1. The summed E-state index contributed by atoms with van der Waals surface area (Å²) in [4.78, 5) is 11.2. The van der Waals surface area contributed by atoms with E-state index in [1.165, 1.54) is 17.8 Å². The van der Waals surface area contributed by atoms with Crippen LogP contribution in [-0.4, -0.2) is 65.4 Å². The second-order valence-corrected chi connectivity index (χ2v) is 6.26. The molecule has 1 unspecified atom stereocenters. The number of hydrogen-bond donors (Lipinski definition) is 4. The summed E-state index contributed by atoms with van der Waals surface area (Å²) in [7, 11) is 0. The number of aryl methyl sites for hydroxylation is 1. The fourth-order valence-corrected chi connectivity index (χ4v) is 3.20. The lowest BCUT2D eigenvalue weighted by Crippen LogP contribution is -2.47. The maximum absolute atomic E-state index is 12.5. The Bertz CT molecular complexity index is 918. The first-order valence-electron chi connectivity index (χ1n) is 7.53. The zero-order chi connectivity index (χ0) is 18.4. The van der Waals surface area contributed by atoms with Gasteiger partial charge in [-0.2, -0.15) is 0 Å². The van der Waals surface area contributed by atoms with E-state index < -0.39 is 36.8 Å². The molecule has 134 valence electrons. The number of ether oxygens (including phenoxy) is 1. The zero-order valence-electron chi connectivity index (χ0n) is 13.5. The Kier molecular flexibility index (Phi) is 4.61. The number of aliphatic hydroxyl groups excluding tert-OH is 2. The Hall–Kier alpha value is -1.90. The summed E-state index contributed by atoms with van der Waals surface area (Å²) in [6, 6.07) is 0. The number of aliphatic hydroxyl groups is 3. The normalized spacial score (nSPS) is 30.2. The minimum Gasteiger partial charge on any atom is -0.391 e. The molecule has 1 saturated heterocycles. The van der Waals surface area contributed by atoms with Gasteiger partial charge in [-0.25, -0.2) is 14.4 Å². The van der Waals surface area contributed by atoms with Crippen LogP contribution in [0.2, 0.25) is 0 Å². The first-order valence-corrected chi connectivity index (χ1v) is 7.93. The van der Waals surface area contributed by atoms with Gasteiger partial charge in [0, 0.05) is 0 Å². The van der Waals surface area contributed by atoms with Crippen molar-refractivity contribution in [3.63, 3.8) is 0 Å². The molecule has 25 heavy (non-hydrogen) atoms. The third-order valence-electron chi connectivity index (χ3n) is 4.07. The molecule has 2 aromatic heterocycles. The van der Waals surface area contributed by atoms with Crippen LogP contribution in [0.3, 0.4) is 0 Å². The van der Waals surface area contributed by atoms with Crippen molar-refractivity contribution in [3.05, 3.63) is 16.8 Å². The highest BCUT2D eigenvalue weighted by atomic mass is 32.1. The summed E-state index contributed by atoms with van der Waals surface area (Å²) in [6.45, 7) is 2.11. The van der Waals surface area contributed by atoms with Crippen molar-refractivity contribution >= 4 is 23.4 Å². The maximum Gasteiger partial charge on any atom is 0.199 e. The molecule has 0 spiro atoms. The molecule has 2 aromatic rings. The van der Waals surface area contributed by atoms with Crippen LogP contribution >= 0.6 is 12.2 Å². The molecule has 10 heteroatoms. The van der Waals surface area contributed by atoms with Crippen LogP contribution in [0, 0.1) is 23.4 Å². The molecule has 1 aliphatic rings. The van der Waals surface area contributed by atoms with E-state index in [1.54, 1.807) is 6.92 Å². The number of alkyl halides is 1. The molecule has 0 radical (unpaired) electrons. The van der Waals surface area contributed by atoms with Crippen molar-refractivity contribution < 1.29 is 24.4 Å². The molecule has 1 aliphatic heterocycles. The molecule has 0 saturated carbocycles. The van der Waals surface area contributed by atoms with Crippen molar-refractivity contribution in [2.45, 2.75) is 44.0 Å². The van der Waals surface area contributed by atoms with Gasteiger partial charge in [-0.3, -0.25) is 4.57 Å². The summed E-state index contributed by atoms with van der Waals surface area (Å²) in [5.74, 6) is 4.95. The number of fused-ring (bicyclic) bond motifs is 1. The molecule has 3 heterocycles. The molecule has 1 fully saturated rings. The van der Waals surface area contributed by atoms with Gasteiger partial charge in [0.25, 0.3) is 0 Å². The van der Waals surface area contributed by atoms with Gasteiger partial charge in [-0.15, -0.1) is 0 Å². The fourth-order valence-electron chi connectivity index (χ4n) is 2.91. The van der Waals surface area contributed by atoms with Crippen LogP contribution in [0.1, 0.15) is 19.0 Å². The Balaban J connectivity index is 2.18. The van der Waals surface area contributed by atoms with Crippen LogP contribution in [0.15, 0.2) is 6.33 Å². The van der Waals surface area contributed by atoms with E-state index in [9.17, 15) is 19.7 Å². The lowest BCUT2D eigenvalue weighted by molar-refractivity contribution is -0.0847. The highest BCUT2D eigenvalue weighted by molar-refractivity contribution is 7.71. The number of aromatic amines is 1. The zero-order valence-corrected chi connectivity index (χ0v) is 14.3. The van der Waals surface area contributed by atoms with E-state index >= 15 is 0 Å². The Morgan fingerprint density at radius 1 is 1.60 bits per heavy atom. The average molecular weight is 368 g/mol. The van der Waals surface area contributed by atoms with Gasteiger partial charge in [0.05, 0.1) is 12.4 Å². The summed E-state index contributed by atoms with van der Waals surface area (Å²) in [6.07, 6.45) is -3.65. The lowest BCUT2D eigenvalue weighted by atomic mass is 9.93. The Morgan fingerprint density at radius 2 is 2.32 bits per heavy atom. The van der Waals surface area contributed by atoms with Crippen molar-refractivity contribution in [2.75, 3.05) is 6.67 Å². The lowest BCUT2D eigenvalue weighted by Gasteiger charge is -2.26. The van der Waals surface area contributed by atoms with Gasteiger partial charge in [-0.1, -0.05) is 24.1 Å². The highest BCUT2D eigenvalue weighted by Crippen LogP contribution is 2.40. The molecule has 4 N–H and O–H groups in total. The van der Waals surface area contributed by atoms with Gasteiger partial charge in [-0.05, 0) is 13.8 Å². The predicted molar refractivity (Wildman–Crippen MR) is 87.7 cm³/mol. The summed E-state index contributed by atoms with van der Waals surface area (Å²) in [5, 5.41) is 31.1. The van der Waals surface area contributed by atoms with Crippen LogP contribution < -0.4 is 0 Å². The third-order valence-corrected chi connectivity index (χ3v) is 4.36. The maximum atomic E-state index is 12.5. The van der Waals surface area contributed by atoms with Crippen molar-refractivity contribution in [3.8, 4) is 11.8 Å². The van der Waals surface area contributed by atoms with Gasteiger partial charge < -0.3 is 25.0 Å². The van der Waals surface area contributed by atoms with Crippen LogP contribution in [0.5, 0.6) is 0 Å². The summed E-state index contributed by atoms with van der Waals surface area (Å²) >= 11 is 5.17. The number of nitrogens with zero attached hydrogens (tertiary/aromatic N) is 3. The van der Waals surface area contributed by atoms with Crippen LogP contribution in [0.25, 0.3) is 11.2 Å². The summed E-state index contributed by atoms with van der Waals surface area (Å²) in [5.41, 5.74) is -1.37. The fraction of sp³-hybridized carbons (Fsp3) is 0.533. The number of nitrogens with one attached hydrogen (secondary N) is 1. The van der Waals surface area contributed by atoms with Gasteiger partial charge in [0.15, 0.2) is 16.5 Å². The molecule has 8 nitrogen and oxygen atoms in total. The van der Waals surface area contributed by atoms with Crippen molar-refractivity contribution in [1.82, 2.24) is 19.5 Å². The van der Waals surface area contributed by atoms with Crippen LogP contribution in [-0.2, 0) is 4.74 Å². The Labute approximate surface area is 147 Å². The smallest absolute Gasteiger partial charge is 0.199 e. The highest BCUT2D eigenvalue weighted by Gasteiger charge is 2.57. The Morgan fingerprint density at radius 3 is 2.96 bits per heavy atom. The standard InChI is InChI=1S/C15H17FN4O4S/c1-7(21)10-11(22)15(23,4-3-5-16)14(24-10)20-6-17-9-12(20)18-8(2)19-13(9)25/h6-7,10-11,14,21-23H,5H2,1-2H3,(H,18,19,25)/t7-,10+,11-,14+,15?/m0/s1. The molecule has 5 atom stereocenters. The number of halogens is 1. The molecule has 3 rings (SSSR count). The average Bonchev–Trinajstić information content (AvgIpc) is 3.06. The first-order chi connectivity index (χ1) is 11.8. The topological polar surface area (TPSA) is 116 Å². The first kappa shape index (κ1) is 17.9. The number of imidazole rings is 1. The minimum atomic E-state index is -2.14. The number of aromatic nitrogens is 4. The van der Waals surface area contributed by atoms with E-state index in [0.717, 1.165) is 0 Å². The van der Waals surface area contributed by atoms with Gasteiger partial charge >= 0.3 is 0 Å². The van der Waals surface area contributed by atoms with E-state index in [4.69, 9.17) is 17.0 Å². The quantitative estimate of drug-likeness (QED) is 0.440. The largest absolute Gasteiger partial charge is 0.391 e. The molecular formula is C15H17FN4O4S. The monoisotopic (exact) mass is 368 g/mol. The molecule has 0 aromatic carbocycles. The van der Waals surface area contributed by atoms with Crippen LogP contribution in [0.4, 0.5) is 4.39 Å². The second-order valence-electron chi connectivity index (χ2n) is 5.88. The summed E-state index contributed by atoms with van der Waals surface area (Å²) < 4.78 is 19.8. The second kappa shape index (κ2) is 6.44. The number of hydrogen-bond acceptors (Lipinski definition) is 7. The van der Waals surface area contributed by atoms with Crippen molar-refractivity contribution in [2.24, 2.45) is 0 Å². The molecule has 0 amide bonds. The van der Waals surface area contributed by atoms with E-state index in [-0.39, 0.29) is 4.64 Å². The minimum absolute atomic E-state index is 0.258. The van der Waals surface area contributed by atoms with E-state index in [0.29, 0.717) is 17.0 Å². The van der Waals surface area contributed by atoms with Gasteiger partial charge in [0.1, 0.15) is 35.9 Å². The third kappa shape index (κ3) is 2.84. The molecular weight excluding hydrogens is 351 g/mol. The predicted octanol–water partition coefficient (Wildman–Crippen LogP) is 0.140. The van der Waals surface area contributed by atoms with E-state index in [2.05, 4.69) is 26.8 Å². The van der Waals surface area contributed by atoms with Crippen molar-refractivity contribution in [1.29, 1.82) is 0 Å². The molecule has 0 aliphatic carbocycles.